The van der Waals surface area contributed by atoms with Crippen LogP contribution in [0.25, 0.3) is 0 Å². The van der Waals surface area contributed by atoms with E-state index in [-0.39, 0.29) is 0 Å². The first-order chi connectivity index (χ1) is 9.17. The zero-order valence-electron chi connectivity index (χ0n) is 11.2. The molecule has 1 rings (SSSR count). The van der Waals surface area contributed by atoms with Crippen LogP contribution in [0, 0.1) is 0 Å². The van der Waals surface area contributed by atoms with Gasteiger partial charge in [0.2, 0.25) is 0 Å². The van der Waals surface area contributed by atoms with Gasteiger partial charge in [0.25, 0.3) is 0 Å². The molecule has 0 aliphatic carbocycles. The molecule has 0 aliphatic rings. The molecule has 0 radical (unpaired) electrons. The number of carbonyl (C=O) groups is 2. The van der Waals surface area contributed by atoms with E-state index in [1.54, 1.807) is 32.9 Å². The van der Waals surface area contributed by atoms with E-state index >= 15 is 0 Å². The average molecular weight is 320 g/mol. The largest absolute Gasteiger partial charge is 0.443 e. The minimum atomic E-state index is -0.762. The predicted octanol–water partition coefficient (Wildman–Crippen LogP) is 3.55. The van der Waals surface area contributed by atoms with E-state index in [4.69, 9.17) is 27.9 Å². The van der Waals surface area contributed by atoms with Crippen LogP contribution in [0.1, 0.15) is 20.8 Å². The molecule has 3 N–H and O–H groups in total. The highest BCUT2D eigenvalue weighted by molar-refractivity contribution is 6.42. The van der Waals surface area contributed by atoms with Gasteiger partial charge in [0, 0.05) is 5.69 Å². The lowest BCUT2D eigenvalue weighted by Gasteiger charge is -2.19. The number of rotatable bonds is 1. The molecule has 3 amide bonds. The number of nitrogens with one attached hydrogen (secondary N) is 3. The molecule has 0 bridgehead atoms. The van der Waals surface area contributed by atoms with Gasteiger partial charge in [0.05, 0.1) is 10.0 Å². The fourth-order valence-corrected chi connectivity index (χ4v) is 1.45. The summed E-state index contributed by atoms with van der Waals surface area (Å²) < 4.78 is 4.94. The molecule has 0 aromatic heterocycles. The summed E-state index contributed by atoms with van der Waals surface area (Å²) in [4.78, 5) is 22.8. The van der Waals surface area contributed by atoms with Crippen molar-refractivity contribution in [2.45, 2.75) is 26.4 Å². The minimum absolute atomic E-state index is 0.310. The van der Waals surface area contributed by atoms with Crippen LogP contribution in [0.5, 0.6) is 0 Å². The number of urea groups is 1. The lowest BCUT2D eigenvalue weighted by molar-refractivity contribution is 0.0506. The lowest BCUT2D eigenvalue weighted by atomic mass is 10.2. The van der Waals surface area contributed by atoms with E-state index in [1.165, 1.54) is 6.07 Å². The molecule has 0 spiro atoms. The first-order valence-electron chi connectivity index (χ1n) is 5.68. The molecule has 0 heterocycles. The maximum Gasteiger partial charge on any atom is 0.426 e. The van der Waals surface area contributed by atoms with Crippen molar-refractivity contribution in [1.82, 2.24) is 10.9 Å². The van der Waals surface area contributed by atoms with Gasteiger partial charge in [-0.05, 0) is 39.0 Å². The van der Waals surface area contributed by atoms with Crippen molar-refractivity contribution in [3.63, 3.8) is 0 Å². The first-order valence-corrected chi connectivity index (χ1v) is 6.44. The van der Waals surface area contributed by atoms with Crippen molar-refractivity contribution in [3.8, 4) is 0 Å². The smallest absolute Gasteiger partial charge is 0.426 e. The summed E-state index contributed by atoms with van der Waals surface area (Å²) in [6, 6.07) is 3.95. The molecule has 110 valence electrons. The fourth-order valence-electron chi connectivity index (χ4n) is 1.15. The quantitative estimate of drug-likeness (QED) is 0.692. The Morgan fingerprint density at radius 3 is 2.30 bits per heavy atom. The van der Waals surface area contributed by atoms with Gasteiger partial charge >= 0.3 is 12.1 Å². The minimum Gasteiger partial charge on any atom is -0.443 e. The average Bonchev–Trinajstić information content (AvgIpc) is 2.29. The summed E-state index contributed by atoms with van der Waals surface area (Å²) >= 11 is 11.6. The number of halogens is 2. The zero-order valence-corrected chi connectivity index (χ0v) is 12.7. The predicted molar refractivity (Wildman–Crippen MR) is 78.0 cm³/mol. The number of hydrazine groups is 1. The normalized spacial score (nSPS) is 10.7. The van der Waals surface area contributed by atoms with Crippen molar-refractivity contribution < 1.29 is 14.3 Å². The van der Waals surface area contributed by atoms with Crippen molar-refractivity contribution in [1.29, 1.82) is 0 Å². The van der Waals surface area contributed by atoms with Gasteiger partial charge in [-0.2, -0.15) is 0 Å². The topological polar surface area (TPSA) is 79.5 Å². The van der Waals surface area contributed by atoms with E-state index in [2.05, 4.69) is 16.2 Å². The molecule has 1 aromatic carbocycles. The zero-order chi connectivity index (χ0) is 15.3. The highest BCUT2D eigenvalue weighted by atomic mass is 35.5. The number of hydrogen-bond donors (Lipinski definition) is 3. The van der Waals surface area contributed by atoms with E-state index < -0.39 is 17.7 Å². The van der Waals surface area contributed by atoms with Gasteiger partial charge in [0.15, 0.2) is 0 Å². The molecule has 0 saturated carbocycles. The second-order valence-corrected chi connectivity index (χ2v) is 5.65. The summed E-state index contributed by atoms with van der Waals surface area (Å²) in [6.07, 6.45) is -0.762. The van der Waals surface area contributed by atoms with Crippen molar-refractivity contribution >= 4 is 41.0 Å². The Balaban J connectivity index is 2.44. The summed E-state index contributed by atoms with van der Waals surface area (Å²) in [5.41, 5.74) is 4.03. The van der Waals surface area contributed by atoms with Crippen molar-refractivity contribution in [2.24, 2.45) is 0 Å². The second-order valence-electron chi connectivity index (χ2n) is 4.83. The Morgan fingerprint density at radius 1 is 1.10 bits per heavy atom. The Kier molecular flexibility index (Phi) is 5.47. The third-order valence-electron chi connectivity index (χ3n) is 1.85. The standard InChI is InChI=1S/C12H15Cl2N3O3/c1-12(2,3)20-11(19)17-16-10(18)15-7-4-5-8(13)9(14)6-7/h4-6H,1-3H3,(H,17,19)(H2,15,16,18). The summed E-state index contributed by atoms with van der Waals surface area (Å²) in [7, 11) is 0. The number of carbonyl (C=O) groups excluding carboxylic acids is 2. The van der Waals surface area contributed by atoms with E-state index in [1.807, 2.05) is 0 Å². The van der Waals surface area contributed by atoms with Crippen LogP contribution in [0.4, 0.5) is 15.3 Å². The van der Waals surface area contributed by atoms with Crippen LogP contribution < -0.4 is 16.2 Å². The van der Waals surface area contributed by atoms with Crippen LogP contribution in [-0.4, -0.2) is 17.7 Å². The lowest BCUT2D eigenvalue weighted by Crippen LogP contribution is -2.46. The summed E-state index contributed by atoms with van der Waals surface area (Å²) in [5.74, 6) is 0. The Bertz CT molecular complexity index is 515. The van der Waals surface area contributed by atoms with Crippen LogP contribution >= 0.6 is 23.2 Å². The van der Waals surface area contributed by atoms with E-state index in [0.29, 0.717) is 15.7 Å². The van der Waals surface area contributed by atoms with Gasteiger partial charge in [-0.25, -0.2) is 20.4 Å². The van der Waals surface area contributed by atoms with Gasteiger partial charge in [-0.15, -0.1) is 0 Å². The fraction of sp³-hybridized carbons (Fsp3) is 0.333. The summed E-state index contributed by atoms with van der Waals surface area (Å²) in [5, 5.41) is 3.15. The van der Waals surface area contributed by atoms with Crippen LogP contribution in [0.2, 0.25) is 10.0 Å². The Labute approximate surface area is 126 Å². The highest BCUT2D eigenvalue weighted by Crippen LogP contribution is 2.24. The highest BCUT2D eigenvalue weighted by Gasteiger charge is 2.16. The molecule has 20 heavy (non-hydrogen) atoms. The molecule has 0 unspecified atom stereocenters. The molecular formula is C12H15Cl2N3O3. The first kappa shape index (κ1) is 16.4. The maximum absolute atomic E-state index is 11.5. The Morgan fingerprint density at radius 2 is 1.75 bits per heavy atom. The second kappa shape index (κ2) is 6.67. The van der Waals surface area contributed by atoms with Crippen LogP contribution in [0.3, 0.4) is 0 Å². The molecule has 0 saturated heterocycles. The third-order valence-corrected chi connectivity index (χ3v) is 2.59. The number of amides is 3. The molecule has 0 aliphatic heterocycles. The van der Waals surface area contributed by atoms with Crippen LogP contribution in [0.15, 0.2) is 18.2 Å². The van der Waals surface area contributed by atoms with Crippen LogP contribution in [-0.2, 0) is 4.74 Å². The van der Waals surface area contributed by atoms with Gasteiger partial charge in [-0.1, -0.05) is 23.2 Å². The van der Waals surface area contributed by atoms with Crippen molar-refractivity contribution in [3.05, 3.63) is 28.2 Å². The van der Waals surface area contributed by atoms with Gasteiger partial charge in [0.1, 0.15) is 5.60 Å². The number of anilines is 1. The van der Waals surface area contributed by atoms with Crippen molar-refractivity contribution in [2.75, 3.05) is 5.32 Å². The molecule has 0 fully saturated rings. The molecule has 6 nitrogen and oxygen atoms in total. The Hall–Kier alpha value is -1.66. The molecule has 0 atom stereocenters. The van der Waals surface area contributed by atoms with E-state index in [0.717, 1.165) is 0 Å². The number of hydrogen-bond acceptors (Lipinski definition) is 3. The SMILES string of the molecule is CC(C)(C)OC(=O)NNC(=O)Nc1ccc(Cl)c(Cl)c1. The van der Waals surface area contributed by atoms with Gasteiger partial charge < -0.3 is 10.1 Å². The number of ether oxygens (including phenoxy) is 1. The molecule has 8 heteroatoms. The molecule has 1 aromatic rings. The van der Waals surface area contributed by atoms with E-state index in [9.17, 15) is 9.59 Å². The van der Waals surface area contributed by atoms with Gasteiger partial charge in [-0.3, -0.25) is 0 Å². The number of benzene rings is 1. The molecular weight excluding hydrogens is 305 g/mol. The third kappa shape index (κ3) is 5.99. The summed E-state index contributed by atoms with van der Waals surface area (Å²) in [6.45, 7) is 5.13. The monoisotopic (exact) mass is 319 g/mol. The maximum atomic E-state index is 11.5.